The first-order valence-corrected chi connectivity index (χ1v) is 4.54. The van der Waals surface area contributed by atoms with Crippen molar-refractivity contribution in [3.05, 3.63) is 29.6 Å². The van der Waals surface area contributed by atoms with Gasteiger partial charge in [-0.3, -0.25) is 0 Å². The molecule has 0 saturated carbocycles. The second-order valence-electron chi connectivity index (χ2n) is 2.84. The molecule has 80 valence electrons. The molecule has 0 fully saturated rings. The quantitative estimate of drug-likeness (QED) is 0.799. The zero-order chi connectivity index (χ0) is 11.4. The van der Waals surface area contributed by atoms with Crippen LogP contribution in [-0.4, -0.2) is 23.1 Å². The molecular weight excluding hydrogens is 219 g/mol. The Morgan fingerprint density at radius 2 is 2.27 bits per heavy atom. The van der Waals surface area contributed by atoms with Gasteiger partial charge in [0, 0.05) is 12.0 Å². The van der Waals surface area contributed by atoms with Gasteiger partial charge in [0.1, 0.15) is 4.86 Å². The van der Waals surface area contributed by atoms with Gasteiger partial charge in [0.15, 0.2) is 11.6 Å². The summed E-state index contributed by atoms with van der Waals surface area (Å²) in [6.07, 6.45) is -0.00833. The molecule has 0 saturated heterocycles. The number of hydrogen-bond donors (Lipinski definition) is 1. The molecule has 0 aliphatic heterocycles. The third kappa shape index (κ3) is 2.73. The van der Waals surface area contributed by atoms with Gasteiger partial charge in [0.25, 0.3) is 0 Å². The van der Waals surface area contributed by atoms with Crippen LogP contribution in [0.2, 0.25) is 0 Å². The lowest BCUT2D eigenvalue weighted by molar-refractivity contribution is -0.129. The maximum absolute atomic E-state index is 13.2. The number of carbonyl (C=O) groups is 1. The molecule has 0 unspecified atom stereocenters. The van der Waals surface area contributed by atoms with Crippen molar-refractivity contribution in [2.75, 3.05) is 7.11 Å². The number of ether oxygens (including phenoxy) is 1. The molecule has 0 radical (unpaired) electrons. The fraction of sp³-hybridized carbons (Fsp3) is 0.200. The Morgan fingerprint density at radius 3 is 2.80 bits per heavy atom. The van der Waals surface area contributed by atoms with E-state index < -0.39 is 11.8 Å². The van der Waals surface area contributed by atoms with E-state index in [0.717, 1.165) is 0 Å². The number of carboxylic acids is 1. The van der Waals surface area contributed by atoms with Crippen molar-refractivity contribution >= 4 is 23.1 Å². The molecule has 1 N–H and O–H groups in total. The van der Waals surface area contributed by atoms with Gasteiger partial charge in [0.05, 0.1) is 7.11 Å². The average Bonchev–Trinajstić information content (AvgIpc) is 2.18. The highest BCUT2D eigenvalue weighted by atomic mass is 32.1. The number of thiocarbonyl (C=S) groups is 1. The second kappa shape index (κ2) is 4.84. The highest BCUT2D eigenvalue weighted by molar-refractivity contribution is 7.82. The Kier molecular flexibility index (Phi) is 3.74. The number of methoxy groups -OCH3 is 1. The topological polar surface area (TPSA) is 46.5 Å². The molecule has 0 amide bonds. The third-order valence-electron chi connectivity index (χ3n) is 1.84. The van der Waals surface area contributed by atoms with E-state index in [1.807, 2.05) is 0 Å². The summed E-state index contributed by atoms with van der Waals surface area (Å²) in [5, 5.41) is 8.60. The summed E-state index contributed by atoms with van der Waals surface area (Å²) in [6, 6.07) is 4.31. The van der Waals surface area contributed by atoms with Gasteiger partial charge >= 0.3 is 5.97 Å². The van der Waals surface area contributed by atoms with Gasteiger partial charge in [-0.1, -0.05) is 24.4 Å². The SMILES string of the molecule is COc1c(F)cccc1CC(=S)C(=O)O. The number of para-hydroxylation sites is 1. The molecule has 3 nitrogen and oxygen atoms in total. The van der Waals surface area contributed by atoms with Crippen molar-refractivity contribution in [1.82, 2.24) is 0 Å². The molecule has 1 rings (SSSR count). The molecule has 1 aromatic carbocycles. The van der Waals surface area contributed by atoms with Gasteiger partial charge in [-0.25, -0.2) is 9.18 Å². The van der Waals surface area contributed by atoms with Gasteiger partial charge in [-0.2, -0.15) is 0 Å². The summed E-state index contributed by atoms with van der Waals surface area (Å²) >= 11 is 4.63. The molecule has 0 bridgehead atoms. The van der Waals surface area contributed by atoms with E-state index in [1.54, 1.807) is 6.07 Å². The van der Waals surface area contributed by atoms with Crippen molar-refractivity contribution in [3.8, 4) is 5.75 Å². The van der Waals surface area contributed by atoms with Crippen LogP contribution in [0.25, 0.3) is 0 Å². The van der Waals surface area contributed by atoms with E-state index in [4.69, 9.17) is 9.84 Å². The first-order valence-electron chi connectivity index (χ1n) is 4.13. The standard InChI is InChI=1S/C10H9FO3S/c1-14-9-6(3-2-4-7(9)11)5-8(15)10(12)13/h2-4H,5H2,1H3,(H,12,13). The van der Waals surface area contributed by atoms with Crippen LogP contribution in [0.4, 0.5) is 4.39 Å². The van der Waals surface area contributed by atoms with Crippen molar-refractivity contribution in [3.63, 3.8) is 0 Å². The van der Waals surface area contributed by atoms with Crippen LogP contribution in [0, 0.1) is 5.82 Å². The van der Waals surface area contributed by atoms with Crippen LogP contribution in [0.5, 0.6) is 5.75 Å². The highest BCUT2D eigenvalue weighted by Gasteiger charge is 2.13. The minimum Gasteiger partial charge on any atom is -0.493 e. The van der Waals surface area contributed by atoms with E-state index in [0.29, 0.717) is 5.56 Å². The number of aliphatic carboxylic acids is 1. The summed E-state index contributed by atoms with van der Waals surface area (Å²) in [5.41, 5.74) is 0.435. The van der Waals surface area contributed by atoms with E-state index in [1.165, 1.54) is 19.2 Å². The Morgan fingerprint density at radius 1 is 1.60 bits per heavy atom. The lowest BCUT2D eigenvalue weighted by atomic mass is 10.1. The molecule has 0 aliphatic rings. The summed E-state index contributed by atoms with van der Waals surface area (Å²) < 4.78 is 18.0. The van der Waals surface area contributed by atoms with Gasteiger partial charge in [0.2, 0.25) is 0 Å². The van der Waals surface area contributed by atoms with Crippen LogP contribution in [0.15, 0.2) is 18.2 Å². The number of carboxylic acid groups (broad SMARTS) is 1. The van der Waals surface area contributed by atoms with Crippen molar-refractivity contribution in [2.24, 2.45) is 0 Å². The molecule has 15 heavy (non-hydrogen) atoms. The second-order valence-corrected chi connectivity index (χ2v) is 3.33. The predicted molar refractivity (Wildman–Crippen MR) is 56.9 cm³/mol. The van der Waals surface area contributed by atoms with E-state index in [-0.39, 0.29) is 17.0 Å². The van der Waals surface area contributed by atoms with E-state index in [9.17, 15) is 9.18 Å². The van der Waals surface area contributed by atoms with Gasteiger partial charge in [-0.15, -0.1) is 0 Å². The Labute approximate surface area is 91.5 Å². The lowest BCUT2D eigenvalue weighted by Crippen LogP contribution is -2.13. The number of benzene rings is 1. The first kappa shape index (κ1) is 11.6. The summed E-state index contributed by atoms with van der Waals surface area (Å²) in [5.74, 6) is -1.65. The fourth-order valence-corrected chi connectivity index (χ4v) is 1.33. The van der Waals surface area contributed by atoms with Crippen LogP contribution < -0.4 is 4.74 Å². The molecular formula is C10H9FO3S. The maximum atomic E-state index is 13.2. The Hall–Kier alpha value is -1.49. The molecule has 0 spiro atoms. The predicted octanol–water partition coefficient (Wildman–Crippen LogP) is 1.83. The molecule has 0 heterocycles. The fourth-order valence-electron chi connectivity index (χ4n) is 1.17. The zero-order valence-electron chi connectivity index (χ0n) is 7.99. The van der Waals surface area contributed by atoms with Crippen molar-refractivity contribution in [1.29, 1.82) is 0 Å². The van der Waals surface area contributed by atoms with Gasteiger partial charge in [-0.05, 0) is 6.07 Å². The smallest absolute Gasteiger partial charge is 0.342 e. The summed E-state index contributed by atoms with van der Waals surface area (Å²) in [7, 11) is 1.33. The monoisotopic (exact) mass is 228 g/mol. The number of rotatable bonds is 4. The Balaban J connectivity index is 2.99. The summed E-state index contributed by atoms with van der Waals surface area (Å²) in [4.78, 5) is 10.3. The molecule has 0 aliphatic carbocycles. The molecule has 5 heteroatoms. The van der Waals surface area contributed by atoms with E-state index in [2.05, 4.69) is 12.2 Å². The largest absolute Gasteiger partial charge is 0.493 e. The number of hydrogen-bond acceptors (Lipinski definition) is 3. The molecule has 0 aromatic heterocycles. The third-order valence-corrected chi connectivity index (χ3v) is 2.16. The Bertz CT molecular complexity index is 404. The van der Waals surface area contributed by atoms with Crippen LogP contribution in [0.3, 0.4) is 0 Å². The summed E-state index contributed by atoms with van der Waals surface area (Å²) in [6.45, 7) is 0. The normalized spacial score (nSPS) is 9.73. The minimum absolute atomic E-state index is 0.00833. The first-order chi connectivity index (χ1) is 7.06. The van der Waals surface area contributed by atoms with Gasteiger partial charge < -0.3 is 9.84 Å². The number of halogens is 1. The van der Waals surface area contributed by atoms with Crippen molar-refractivity contribution in [2.45, 2.75) is 6.42 Å². The van der Waals surface area contributed by atoms with Crippen LogP contribution in [0.1, 0.15) is 5.56 Å². The van der Waals surface area contributed by atoms with E-state index >= 15 is 0 Å². The molecule has 1 aromatic rings. The van der Waals surface area contributed by atoms with Crippen LogP contribution >= 0.6 is 12.2 Å². The highest BCUT2D eigenvalue weighted by Crippen LogP contribution is 2.22. The lowest BCUT2D eigenvalue weighted by Gasteiger charge is -2.08. The van der Waals surface area contributed by atoms with Crippen molar-refractivity contribution < 1.29 is 19.0 Å². The zero-order valence-corrected chi connectivity index (χ0v) is 8.81. The van der Waals surface area contributed by atoms with Crippen LogP contribution in [-0.2, 0) is 11.2 Å². The minimum atomic E-state index is -1.17. The molecule has 0 atom stereocenters. The average molecular weight is 228 g/mol. The maximum Gasteiger partial charge on any atom is 0.342 e.